The van der Waals surface area contributed by atoms with E-state index in [1.54, 1.807) is 6.08 Å². The molecular formula is C13H23NO3. The summed E-state index contributed by atoms with van der Waals surface area (Å²) in [5.74, 6) is 0.336. The van der Waals surface area contributed by atoms with E-state index in [0.29, 0.717) is 6.61 Å². The van der Waals surface area contributed by atoms with Crippen LogP contribution in [0.25, 0.3) is 0 Å². The molecule has 0 aromatic carbocycles. The molecule has 0 saturated carbocycles. The zero-order chi connectivity index (χ0) is 12.8. The highest BCUT2D eigenvalue weighted by Gasteiger charge is 2.42. The third-order valence-electron chi connectivity index (χ3n) is 2.62. The molecule has 17 heavy (non-hydrogen) atoms. The normalized spacial score (nSPS) is 25.5. The van der Waals surface area contributed by atoms with Crippen molar-refractivity contribution in [3.63, 3.8) is 0 Å². The largest absolute Gasteiger partial charge is 0.349 e. The van der Waals surface area contributed by atoms with Gasteiger partial charge in [0.1, 0.15) is 0 Å². The Morgan fingerprint density at radius 1 is 1.47 bits per heavy atom. The van der Waals surface area contributed by atoms with Crippen molar-refractivity contribution in [2.75, 3.05) is 6.61 Å². The minimum Gasteiger partial charge on any atom is -0.349 e. The lowest BCUT2D eigenvalue weighted by molar-refractivity contribution is -0.117. The Hall–Kier alpha value is -0.710. The lowest BCUT2D eigenvalue weighted by atomic mass is 9.99. The topological polar surface area (TPSA) is 50.9 Å². The summed E-state index contributed by atoms with van der Waals surface area (Å²) >= 11 is 0. The summed E-state index contributed by atoms with van der Waals surface area (Å²) in [5.41, 5.74) is 0. The number of rotatable bonds is 8. The summed E-state index contributed by atoms with van der Waals surface area (Å²) < 4.78 is 10.6. The number of ketones is 1. The average Bonchev–Trinajstić information content (AvgIpc) is 3.01. The first-order valence-electron chi connectivity index (χ1n) is 6.33. The number of hydrogen-bond donors (Lipinski definition) is 1. The van der Waals surface area contributed by atoms with Crippen LogP contribution in [0.2, 0.25) is 0 Å². The van der Waals surface area contributed by atoms with Crippen LogP contribution in [-0.2, 0) is 14.3 Å². The van der Waals surface area contributed by atoms with Gasteiger partial charge in [-0.15, -0.1) is 0 Å². The van der Waals surface area contributed by atoms with Crippen LogP contribution < -0.4 is 5.32 Å². The fourth-order valence-corrected chi connectivity index (χ4v) is 1.63. The smallest absolute Gasteiger partial charge is 0.199 e. The van der Waals surface area contributed by atoms with Gasteiger partial charge in [0.15, 0.2) is 18.3 Å². The molecule has 0 aromatic heterocycles. The molecule has 0 aromatic rings. The molecule has 1 rings (SSSR count). The van der Waals surface area contributed by atoms with E-state index < -0.39 is 0 Å². The molecule has 1 aliphatic heterocycles. The van der Waals surface area contributed by atoms with Gasteiger partial charge in [0.05, 0.1) is 6.04 Å². The Bertz CT molecular complexity index is 276. The molecule has 98 valence electrons. The Labute approximate surface area is 103 Å². The third-order valence-corrected chi connectivity index (χ3v) is 2.62. The van der Waals surface area contributed by atoms with Gasteiger partial charge in [-0.3, -0.25) is 10.1 Å². The predicted octanol–water partition coefficient (Wildman–Crippen LogP) is 1.85. The number of hydrogen-bond acceptors (Lipinski definition) is 4. The second-order valence-corrected chi connectivity index (χ2v) is 4.48. The van der Waals surface area contributed by atoms with Crippen LogP contribution in [0, 0.1) is 5.92 Å². The zero-order valence-electron chi connectivity index (χ0n) is 11.1. The van der Waals surface area contributed by atoms with Crippen molar-refractivity contribution in [2.24, 2.45) is 5.92 Å². The van der Waals surface area contributed by atoms with Crippen molar-refractivity contribution in [3.05, 3.63) is 12.2 Å². The second kappa shape index (κ2) is 6.89. The van der Waals surface area contributed by atoms with Gasteiger partial charge in [-0.25, -0.2) is 0 Å². The minimum atomic E-state index is -0.201. The maximum Gasteiger partial charge on any atom is 0.199 e. The fourth-order valence-electron chi connectivity index (χ4n) is 1.63. The fraction of sp³-hybridized carbons (Fsp3) is 0.769. The van der Waals surface area contributed by atoms with Crippen LogP contribution in [0.4, 0.5) is 0 Å². The van der Waals surface area contributed by atoms with E-state index in [1.807, 2.05) is 33.8 Å². The van der Waals surface area contributed by atoms with Crippen LogP contribution in [0.15, 0.2) is 12.2 Å². The second-order valence-electron chi connectivity index (χ2n) is 4.48. The van der Waals surface area contributed by atoms with Crippen molar-refractivity contribution in [3.8, 4) is 0 Å². The summed E-state index contributed by atoms with van der Waals surface area (Å²) in [6.07, 6.45) is 4.08. The zero-order valence-corrected chi connectivity index (χ0v) is 11.1. The highest BCUT2D eigenvalue weighted by molar-refractivity contribution is 5.94. The first-order chi connectivity index (χ1) is 8.10. The molecular weight excluding hydrogens is 218 g/mol. The Morgan fingerprint density at radius 2 is 2.18 bits per heavy atom. The monoisotopic (exact) mass is 241 g/mol. The summed E-state index contributed by atoms with van der Waals surface area (Å²) in [4.78, 5) is 11.9. The molecule has 0 amide bonds. The molecule has 4 heteroatoms. The lowest BCUT2D eigenvalue weighted by Crippen LogP contribution is -2.42. The van der Waals surface area contributed by atoms with Crippen LogP contribution in [0.5, 0.6) is 0 Å². The van der Waals surface area contributed by atoms with Crippen LogP contribution in [0.3, 0.4) is 0 Å². The van der Waals surface area contributed by atoms with E-state index in [1.165, 1.54) is 0 Å². The maximum atomic E-state index is 11.9. The number of ether oxygens (including phenoxy) is 2. The van der Waals surface area contributed by atoms with Gasteiger partial charge in [0.2, 0.25) is 0 Å². The quantitative estimate of drug-likeness (QED) is 0.520. The minimum absolute atomic E-state index is 0.104. The Balaban J connectivity index is 2.45. The first kappa shape index (κ1) is 14.4. The van der Waals surface area contributed by atoms with Gasteiger partial charge in [-0.05, 0) is 25.3 Å². The summed E-state index contributed by atoms with van der Waals surface area (Å²) in [6, 6.07) is -0.201. The van der Waals surface area contributed by atoms with Crippen molar-refractivity contribution in [1.29, 1.82) is 0 Å². The average molecular weight is 241 g/mol. The molecule has 3 unspecified atom stereocenters. The standard InChI is InChI=1S/C13H23NO3/c1-5-7-8-10(15)11(9(3)4)14-12-13(17-12)16-6-2/h7-9,11-14H,5-6H2,1-4H3. The molecule has 0 radical (unpaired) electrons. The molecule has 1 heterocycles. The van der Waals surface area contributed by atoms with Crippen molar-refractivity contribution >= 4 is 5.78 Å². The lowest BCUT2D eigenvalue weighted by Gasteiger charge is -2.18. The Kier molecular flexibility index (Phi) is 5.82. The summed E-state index contributed by atoms with van der Waals surface area (Å²) in [5, 5.41) is 3.19. The molecule has 1 saturated heterocycles. The van der Waals surface area contributed by atoms with Gasteiger partial charge < -0.3 is 9.47 Å². The molecule has 0 bridgehead atoms. The van der Waals surface area contributed by atoms with Crippen molar-refractivity contribution in [2.45, 2.75) is 52.7 Å². The molecule has 1 fully saturated rings. The number of carbonyl (C=O) groups excluding carboxylic acids is 1. The molecule has 1 N–H and O–H groups in total. The number of carbonyl (C=O) groups is 1. The van der Waals surface area contributed by atoms with Crippen LogP contribution in [-0.4, -0.2) is 30.9 Å². The van der Waals surface area contributed by atoms with E-state index in [9.17, 15) is 4.79 Å². The van der Waals surface area contributed by atoms with E-state index in [-0.39, 0.29) is 30.3 Å². The molecule has 0 spiro atoms. The highest BCUT2D eigenvalue weighted by Crippen LogP contribution is 2.22. The molecule has 1 aliphatic rings. The maximum absolute atomic E-state index is 11.9. The molecule has 4 nitrogen and oxygen atoms in total. The Morgan fingerprint density at radius 3 is 2.71 bits per heavy atom. The predicted molar refractivity (Wildman–Crippen MR) is 66.5 cm³/mol. The molecule has 3 atom stereocenters. The van der Waals surface area contributed by atoms with Gasteiger partial charge >= 0.3 is 0 Å². The highest BCUT2D eigenvalue weighted by atomic mass is 16.8. The number of allylic oxidation sites excluding steroid dienone is 1. The SMILES string of the molecule is CCC=CC(=O)C(NC1OC1OCC)C(C)C. The van der Waals surface area contributed by atoms with Crippen LogP contribution >= 0.6 is 0 Å². The van der Waals surface area contributed by atoms with Gasteiger partial charge in [0, 0.05) is 6.61 Å². The van der Waals surface area contributed by atoms with E-state index in [0.717, 1.165) is 6.42 Å². The first-order valence-corrected chi connectivity index (χ1v) is 6.33. The number of epoxide rings is 1. The van der Waals surface area contributed by atoms with Crippen molar-refractivity contribution in [1.82, 2.24) is 5.32 Å². The van der Waals surface area contributed by atoms with Crippen LogP contribution in [0.1, 0.15) is 34.1 Å². The van der Waals surface area contributed by atoms with Gasteiger partial charge in [0.25, 0.3) is 0 Å². The summed E-state index contributed by atoms with van der Waals surface area (Å²) in [6.45, 7) is 8.60. The molecule has 0 aliphatic carbocycles. The third kappa shape index (κ3) is 4.58. The van der Waals surface area contributed by atoms with E-state index in [2.05, 4.69) is 5.32 Å². The summed E-state index contributed by atoms with van der Waals surface area (Å²) in [7, 11) is 0. The van der Waals surface area contributed by atoms with Gasteiger partial charge in [-0.1, -0.05) is 26.8 Å². The number of nitrogens with one attached hydrogen (secondary N) is 1. The van der Waals surface area contributed by atoms with E-state index >= 15 is 0 Å². The van der Waals surface area contributed by atoms with Crippen molar-refractivity contribution < 1.29 is 14.3 Å². The van der Waals surface area contributed by atoms with Gasteiger partial charge in [-0.2, -0.15) is 0 Å². The van der Waals surface area contributed by atoms with E-state index in [4.69, 9.17) is 9.47 Å².